The van der Waals surface area contributed by atoms with Crippen LogP contribution in [-0.2, 0) is 19.6 Å². The predicted octanol–water partition coefficient (Wildman–Crippen LogP) is 1.86. The van der Waals surface area contributed by atoms with Gasteiger partial charge in [0.15, 0.2) is 0 Å². The summed E-state index contributed by atoms with van der Waals surface area (Å²) >= 11 is 0. The van der Waals surface area contributed by atoms with Crippen LogP contribution in [-0.4, -0.2) is 64.1 Å². The van der Waals surface area contributed by atoms with E-state index in [4.69, 9.17) is 9.47 Å². The molecule has 1 aliphatic rings. The van der Waals surface area contributed by atoms with E-state index >= 15 is 0 Å². The molecule has 1 heterocycles. The van der Waals surface area contributed by atoms with E-state index in [1.165, 1.54) is 18.2 Å². The number of carbonyl (C=O) groups is 2. The molecule has 2 amide bonds. The van der Waals surface area contributed by atoms with Crippen molar-refractivity contribution >= 4 is 27.5 Å². The molecule has 1 aliphatic heterocycles. The zero-order chi connectivity index (χ0) is 23.1. The van der Waals surface area contributed by atoms with Gasteiger partial charge in [0.2, 0.25) is 5.91 Å². The summed E-state index contributed by atoms with van der Waals surface area (Å²) in [6.45, 7) is 5.87. The van der Waals surface area contributed by atoms with Gasteiger partial charge in [-0.15, -0.1) is 0 Å². The summed E-state index contributed by atoms with van der Waals surface area (Å²) in [5.74, 6) is -0.0823. The quantitative estimate of drug-likeness (QED) is 0.620. The Morgan fingerprint density at radius 1 is 1.12 bits per heavy atom. The van der Waals surface area contributed by atoms with Crippen molar-refractivity contribution < 1.29 is 27.5 Å². The summed E-state index contributed by atoms with van der Waals surface area (Å²) in [6, 6.07) is 11.4. The van der Waals surface area contributed by atoms with Crippen LogP contribution in [0.25, 0.3) is 0 Å². The van der Waals surface area contributed by atoms with Crippen molar-refractivity contribution in [1.82, 2.24) is 10.2 Å². The van der Waals surface area contributed by atoms with Crippen LogP contribution in [0.1, 0.15) is 24.2 Å². The van der Waals surface area contributed by atoms with E-state index in [0.717, 1.165) is 0 Å². The molecule has 0 aliphatic carbocycles. The van der Waals surface area contributed by atoms with Gasteiger partial charge in [0, 0.05) is 24.3 Å². The molecule has 0 aromatic heterocycles. The van der Waals surface area contributed by atoms with E-state index in [1.807, 2.05) is 6.92 Å². The van der Waals surface area contributed by atoms with Crippen LogP contribution < -0.4 is 14.8 Å². The van der Waals surface area contributed by atoms with Crippen molar-refractivity contribution in [2.45, 2.75) is 24.8 Å². The maximum Gasteiger partial charge on any atom is 0.261 e. The van der Waals surface area contributed by atoms with Gasteiger partial charge in [-0.3, -0.25) is 14.3 Å². The fraction of sp³-hybridized carbons (Fsp3) is 0.364. The van der Waals surface area contributed by atoms with E-state index in [1.54, 1.807) is 42.2 Å². The molecular weight excluding hydrogens is 434 g/mol. The molecule has 2 aromatic rings. The van der Waals surface area contributed by atoms with Crippen LogP contribution in [0.2, 0.25) is 0 Å². The Hall–Kier alpha value is -3.11. The number of benzene rings is 2. The molecule has 1 fully saturated rings. The number of nitrogens with zero attached hydrogens (tertiary/aromatic N) is 1. The number of carbonyl (C=O) groups excluding carboxylic acids is 2. The molecule has 3 rings (SSSR count). The minimum Gasteiger partial charge on any atom is -0.494 e. The summed E-state index contributed by atoms with van der Waals surface area (Å²) in [4.78, 5) is 26.8. The average Bonchev–Trinajstić information content (AvgIpc) is 2.79. The smallest absolute Gasteiger partial charge is 0.261 e. The summed E-state index contributed by atoms with van der Waals surface area (Å²) in [6.07, 6.45) is 0. The minimum absolute atomic E-state index is 0.0699. The molecule has 0 bridgehead atoms. The Kier molecular flexibility index (Phi) is 7.70. The predicted molar refractivity (Wildman–Crippen MR) is 119 cm³/mol. The van der Waals surface area contributed by atoms with Gasteiger partial charge < -0.3 is 19.7 Å². The second-order valence-corrected chi connectivity index (χ2v) is 8.91. The molecule has 2 N–H and O–H groups in total. The van der Waals surface area contributed by atoms with Crippen LogP contribution >= 0.6 is 0 Å². The zero-order valence-corrected chi connectivity index (χ0v) is 18.9. The normalized spacial score (nSPS) is 15.0. The van der Waals surface area contributed by atoms with Crippen molar-refractivity contribution in [2.24, 2.45) is 0 Å². The van der Waals surface area contributed by atoms with Crippen molar-refractivity contribution in [3.05, 3.63) is 54.1 Å². The number of morpholine rings is 1. The second kappa shape index (κ2) is 10.5. The zero-order valence-electron chi connectivity index (χ0n) is 18.0. The Labute approximate surface area is 187 Å². The third-order valence-corrected chi connectivity index (χ3v) is 6.26. The van der Waals surface area contributed by atoms with Gasteiger partial charge in [-0.25, -0.2) is 8.42 Å². The monoisotopic (exact) mass is 461 g/mol. The number of nitrogens with one attached hydrogen (secondary N) is 2. The lowest BCUT2D eigenvalue weighted by Gasteiger charge is -2.29. The van der Waals surface area contributed by atoms with Crippen LogP contribution in [0, 0.1) is 0 Å². The van der Waals surface area contributed by atoms with Crippen molar-refractivity contribution in [1.29, 1.82) is 0 Å². The second-order valence-electron chi connectivity index (χ2n) is 7.22. The van der Waals surface area contributed by atoms with E-state index in [2.05, 4.69) is 10.0 Å². The Balaban J connectivity index is 1.66. The summed E-state index contributed by atoms with van der Waals surface area (Å²) < 4.78 is 38.4. The molecule has 172 valence electrons. The molecule has 0 radical (unpaired) electrons. The summed E-state index contributed by atoms with van der Waals surface area (Å²) in [5.41, 5.74) is 0.470. The topological polar surface area (TPSA) is 114 Å². The van der Waals surface area contributed by atoms with Crippen LogP contribution in [0.15, 0.2) is 53.4 Å². The van der Waals surface area contributed by atoms with Crippen LogP contribution in [0.4, 0.5) is 5.69 Å². The lowest BCUT2D eigenvalue weighted by molar-refractivity contribution is -0.136. The third kappa shape index (κ3) is 5.98. The first-order valence-electron chi connectivity index (χ1n) is 10.3. The van der Waals surface area contributed by atoms with E-state index in [0.29, 0.717) is 38.7 Å². The van der Waals surface area contributed by atoms with Crippen molar-refractivity contribution in [3.8, 4) is 5.75 Å². The molecule has 2 aromatic carbocycles. The maximum atomic E-state index is 12.7. The first-order chi connectivity index (χ1) is 15.3. The molecule has 1 unspecified atom stereocenters. The molecule has 1 saturated heterocycles. The van der Waals surface area contributed by atoms with Gasteiger partial charge in [0.05, 0.1) is 24.7 Å². The first-order valence-corrected chi connectivity index (χ1v) is 11.8. The number of hydrogen-bond donors (Lipinski definition) is 2. The van der Waals surface area contributed by atoms with Gasteiger partial charge in [-0.05, 0) is 56.3 Å². The highest BCUT2D eigenvalue weighted by molar-refractivity contribution is 7.92. The molecule has 32 heavy (non-hydrogen) atoms. The van der Waals surface area contributed by atoms with E-state index in [-0.39, 0.29) is 22.1 Å². The summed E-state index contributed by atoms with van der Waals surface area (Å²) in [7, 11) is -3.85. The number of sulfonamides is 1. The van der Waals surface area contributed by atoms with Gasteiger partial charge in [-0.2, -0.15) is 0 Å². The van der Waals surface area contributed by atoms with Gasteiger partial charge in [-0.1, -0.05) is 6.07 Å². The van der Waals surface area contributed by atoms with Gasteiger partial charge >= 0.3 is 0 Å². The number of anilines is 1. The van der Waals surface area contributed by atoms with Gasteiger partial charge in [0.1, 0.15) is 11.8 Å². The Bertz CT molecular complexity index is 1050. The molecule has 0 saturated carbocycles. The molecule has 9 nitrogen and oxygen atoms in total. The molecule has 1 atom stereocenters. The first kappa shape index (κ1) is 23.6. The van der Waals surface area contributed by atoms with Crippen molar-refractivity contribution in [2.75, 3.05) is 37.6 Å². The van der Waals surface area contributed by atoms with Crippen LogP contribution in [0.3, 0.4) is 0 Å². The number of hydrogen-bond acceptors (Lipinski definition) is 6. The van der Waals surface area contributed by atoms with Crippen LogP contribution in [0.5, 0.6) is 5.75 Å². The standard InChI is InChI=1S/C22H27N3O6S/c1-3-31-19-7-9-20(10-8-19)32(28,29)24-18-6-4-5-17(15-18)21(26)23-16(2)22(27)25-11-13-30-14-12-25/h4-10,15-16,24H,3,11-14H2,1-2H3,(H,23,26). The largest absolute Gasteiger partial charge is 0.494 e. The fourth-order valence-corrected chi connectivity index (χ4v) is 4.27. The third-order valence-electron chi connectivity index (χ3n) is 4.86. The molecular formula is C22H27N3O6S. The lowest BCUT2D eigenvalue weighted by Crippen LogP contribution is -2.50. The molecule has 10 heteroatoms. The lowest BCUT2D eigenvalue weighted by atomic mass is 10.1. The Morgan fingerprint density at radius 3 is 2.47 bits per heavy atom. The highest BCUT2D eigenvalue weighted by Gasteiger charge is 2.24. The van der Waals surface area contributed by atoms with E-state index in [9.17, 15) is 18.0 Å². The molecule has 0 spiro atoms. The summed E-state index contributed by atoms with van der Waals surface area (Å²) in [5, 5.41) is 2.67. The minimum atomic E-state index is -3.85. The highest BCUT2D eigenvalue weighted by Crippen LogP contribution is 2.20. The van der Waals surface area contributed by atoms with Gasteiger partial charge in [0.25, 0.3) is 15.9 Å². The average molecular weight is 462 g/mol. The van der Waals surface area contributed by atoms with Crippen molar-refractivity contribution in [3.63, 3.8) is 0 Å². The highest BCUT2D eigenvalue weighted by atomic mass is 32.2. The SMILES string of the molecule is CCOc1ccc(S(=O)(=O)Nc2cccc(C(=O)NC(C)C(=O)N3CCOCC3)c2)cc1. The van der Waals surface area contributed by atoms with E-state index < -0.39 is 22.0 Å². The number of amides is 2. The maximum absolute atomic E-state index is 12.7. The number of ether oxygens (including phenoxy) is 2. The number of rotatable bonds is 8. The fourth-order valence-electron chi connectivity index (χ4n) is 3.22. The Morgan fingerprint density at radius 2 is 1.81 bits per heavy atom.